The fourth-order valence-electron chi connectivity index (χ4n) is 0.842. The highest BCUT2D eigenvalue weighted by Gasteiger charge is 2.23. The SMILES string of the molecule is CC(C)(NCc1ccc(Br)s1)C(N)=O. The largest absolute Gasteiger partial charge is 0.368 e. The van der Waals surface area contributed by atoms with Crippen molar-refractivity contribution in [2.75, 3.05) is 0 Å². The van der Waals surface area contributed by atoms with E-state index in [0.29, 0.717) is 6.54 Å². The second-order valence-electron chi connectivity index (χ2n) is 3.55. The fraction of sp³-hybridized carbons (Fsp3) is 0.444. The third-order valence-corrected chi connectivity index (χ3v) is 3.57. The topological polar surface area (TPSA) is 55.1 Å². The summed E-state index contributed by atoms with van der Waals surface area (Å²) < 4.78 is 1.09. The van der Waals surface area contributed by atoms with Crippen molar-refractivity contribution >= 4 is 33.2 Å². The first-order chi connectivity index (χ1) is 6.42. The summed E-state index contributed by atoms with van der Waals surface area (Å²) in [6, 6.07) is 4.00. The van der Waals surface area contributed by atoms with Gasteiger partial charge in [0, 0.05) is 11.4 Å². The van der Waals surface area contributed by atoms with E-state index in [1.54, 1.807) is 25.2 Å². The lowest BCUT2D eigenvalue weighted by atomic mass is 10.1. The molecule has 14 heavy (non-hydrogen) atoms. The van der Waals surface area contributed by atoms with Gasteiger partial charge in [0.2, 0.25) is 5.91 Å². The van der Waals surface area contributed by atoms with Crippen molar-refractivity contribution in [2.45, 2.75) is 25.9 Å². The zero-order valence-corrected chi connectivity index (χ0v) is 10.5. The molecule has 0 unspecified atom stereocenters. The average molecular weight is 277 g/mol. The minimum Gasteiger partial charge on any atom is -0.368 e. The number of thiophene rings is 1. The van der Waals surface area contributed by atoms with Crippen LogP contribution < -0.4 is 11.1 Å². The van der Waals surface area contributed by atoms with Crippen LogP contribution >= 0.6 is 27.3 Å². The first-order valence-electron chi connectivity index (χ1n) is 4.21. The molecule has 0 aromatic carbocycles. The normalized spacial score (nSPS) is 11.6. The van der Waals surface area contributed by atoms with Crippen molar-refractivity contribution < 1.29 is 4.79 Å². The molecule has 1 amide bonds. The van der Waals surface area contributed by atoms with E-state index in [9.17, 15) is 4.79 Å². The number of nitrogens with one attached hydrogen (secondary N) is 1. The number of carbonyl (C=O) groups is 1. The number of halogens is 1. The quantitative estimate of drug-likeness (QED) is 0.882. The Labute approximate surface area is 95.8 Å². The van der Waals surface area contributed by atoms with Gasteiger partial charge in [-0.05, 0) is 41.9 Å². The van der Waals surface area contributed by atoms with Gasteiger partial charge in [-0.15, -0.1) is 11.3 Å². The van der Waals surface area contributed by atoms with E-state index in [1.807, 2.05) is 12.1 Å². The minimum absolute atomic E-state index is 0.340. The first kappa shape index (κ1) is 11.7. The van der Waals surface area contributed by atoms with Gasteiger partial charge in [-0.25, -0.2) is 0 Å². The lowest BCUT2D eigenvalue weighted by molar-refractivity contribution is -0.123. The molecule has 0 bridgehead atoms. The van der Waals surface area contributed by atoms with Crippen LogP contribution in [0.1, 0.15) is 18.7 Å². The zero-order chi connectivity index (χ0) is 10.8. The zero-order valence-electron chi connectivity index (χ0n) is 8.13. The van der Waals surface area contributed by atoms with Gasteiger partial charge < -0.3 is 5.73 Å². The molecule has 0 saturated heterocycles. The molecule has 0 fully saturated rings. The summed E-state index contributed by atoms with van der Waals surface area (Å²) in [6.45, 7) is 4.21. The summed E-state index contributed by atoms with van der Waals surface area (Å²) in [5.41, 5.74) is 4.58. The maximum absolute atomic E-state index is 11.0. The van der Waals surface area contributed by atoms with Gasteiger partial charge in [0.1, 0.15) is 0 Å². The van der Waals surface area contributed by atoms with Gasteiger partial charge in [-0.1, -0.05) is 0 Å². The Morgan fingerprint density at radius 1 is 1.64 bits per heavy atom. The molecule has 3 nitrogen and oxygen atoms in total. The van der Waals surface area contributed by atoms with Crippen LogP contribution in [0.5, 0.6) is 0 Å². The Balaban J connectivity index is 2.52. The molecule has 3 N–H and O–H groups in total. The molecule has 1 rings (SSSR count). The Morgan fingerprint density at radius 3 is 2.71 bits per heavy atom. The van der Waals surface area contributed by atoms with Crippen LogP contribution in [0.25, 0.3) is 0 Å². The molecule has 0 spiro atoms. The van der Waals surface area contributed by atoms with Crippen LogP contribution in [0.3, 0.4) is 0 Å². The second kappa shape index (κ2) is 4.42. The van der Waals surface area contributed by atoms with E-state index in [-0.39, 0.29) is 5.91 Å². The van der Waals surface area contributed by atoms with Crippen molar-refractivity contribution in [2.24, 2.45) is 5.73 Å². The predicted octanol–water partition coefficient (Wildman–Crippen LogP) is 1.86. The molecule has 0 aliphatic carbocycles. The minimum atomic E-state index is -0.656. The summed E-state index contributed by atoms with van der Waals surface area (Å²) in [7, 11) is 0. The monoisotopic (exact) mass is 276 g/mol. The highest BCUT2D eigenvalue weighted by molar-refractivity contribution is 9.11. The average Bonchev–Trinajstić information content (AvgIpc) is 2.48. The van der Waals surface area contributed by atoms with Gasteiger partial charge in [0.15, 0.2) is 0 Å². The highest BCUT2D eigenvalue weighted by atomic mass is 79.9. The maximum Gasteiger partial charge on any atom is 0.237 e. The lowest BCUT2D eigenvalue weighted by Gasteiger charge is -2.21. The van der Waals surface area contributed by atoms with E-state index in [0.717, 1.165) is 3.79 Å². The Morgan fingerprint density at radius 2 is 2.29 bits per heavy atom. The number of carbonyl (C=O) groups excluding carboxylic acids is 1. The Kier molecular flexibility index (Phi) is 3.69. The molecule has 0 aliphatic heterocycles. The van der Waals surface area contributed by atoms with E-state index in [2.05, 4.69) is 21.2 Å². The van der Waals surface area contributed by atoms with Crippen LogP contribution in [0.2, 0.25) is 0 Å². The molecule has 1 heterocycles. The van der Waals surface area contributed by atoms with Crippen molar-refractivity contribution in [3.05, 3.63) is 20.8 Å². The highest BCUT2D eigenvalue weighted by Crippen LogP contribution is 2.22. The molecule has 0 saturated carbocycles. The molecule has 0 aliphatic rings. The van der Waals surface area contributed by atoms with Gasteiger partial charge in [-0.2, -0.15) is 0 Å². The third-order valence-electron chi connectivity index (χ3n) is 1.95. The Hall–Kier alpha value is -0.390. The number of primary amides is 1. The van der Waals surface area contributed by atoms with E-state index < -0.39 is 5.54 Å². The molecule has 5 heteroatoms. The van der Waals surface area contributed by atoms with E-state index >= 15 is 0 Å². The van der Waals surface area contributed by atoms with Gasteiger partial charge in [0.05, 0.1) is 9.33 Å². The Bertz CT molecular complexity index is 335. The molecule has 0 atom stereocenters. The number of hydrogen-bond donors (Lipinski definition) is 2. The van der Waals surface area contributed by atoms with Crippen LogP contribution in [0.15, 0.2) is 15.9 Å². The van der Waals surface area contributed by atoms with Gasteiger partial charge >= 0.3 is 0 Å². The third kappa shape index (κ3) is 3.08. The summed E-state index contributed by atoms with van der Waals surface area (Å²) in [5.74, 6) is -0.340. The number of amides is 1. The summed E-state index contributed by atoms with van der Waals surface area (Å²) in [5, 5.41) is 3.10. The summed E-state index contributed by atoms with van der Waals surface area (Å²) in [6.07, 6.45) is 0. The van der Waals surface area contributed by atoms with Crippen molar-refractivity contribution in [3.63, 3.8) is 0 Å². The maximum atomic E-state index is 11.0. The van der Waals surface area contributed by atoms with E-state index in [1.165, 1.54) is 4.88 Å². The van der Waals surface area contributed by atoms with Gasteiger partial charge in [0.25, 0.3) is 0 Å². The van der Waals surface area contributed by atoms with Crippen molar-refractivity contribution in [1.82, 2.24) is 5.32 Å². The summed E-state index contributed by atoms with van der Waals surface area (Å²) >= 11 is 5.02. The predicted molar refractivity (Wildman–Crippen MR) is 62.1 cm³/mol. The van der Waals surface area contributed by atoms with Crippen LogP contribution in [0.4, 0.5) is 0 Å². The van der Waals surface area contributed by atoms with Crippen LogP contribution in [-0.4, -0.2) is 11.4 Å². The standard InChI is InChI=1S/C9H13BrN2OS/c1-9(2,8(11)13)12-5-6-3-4-7(10)14-6/h3-4,12H,5H2,1-2H3,(H2,11,13). The number of rotatable bonds is 4. The van der Waals surface area contributed by atoms with Crippen molar-refractivity contribution in [1.29, 1.82) is 0 Å². The van der Waals surface area contributed by atoms with Gasteiger partial charge in [-0.3, -0.25) is 10.1 Å². The molecule has 1 aromatic rings. The smallest absolute Gasteiger partial charge is 0.237 e. The van der Waals surface area contributed by atoms with Crippen LogP contribution in [0, 0.1) is 0 Å². The summed E-state index contributed by atoms with van der Waals surface area (Å²) in [4.78, 5) is 12.2. The molecule has 78 valence electrons. The lowest BCUT2D eigenvalue weighted by Crippen LogP contribution is -2.50. The molecular formula is C9H13BrN2OS. The van der Waals surface area contributed by atoms with Crippen molar-refractivity contribution in [3.8, 4) is 0 Å². The first-order valence-corrected chi connectivity index (χ1v) is 5.82. The van der Waals surface area contributed by atoms with Crippen LogP contribution in [-0.2, 0) is 11.3 Å². The molecule has 0 radical (unpaired) electrons. The number of hydrogen-bond acceptors (Lipinski definition) is 3. The second-order valence-corrected chi connectivity index (χ2v) is 6.10. The molecular weight excluding hydrogens is 264 g/mol. The number of nitrogens with two attached hydrogens (primary N) is 1. The molecule has 1 aromatic heterocycles. The van der Waals surface area contributed by atoms with E-state index in [4.69, 9.17) is 5.73 Å². The fourth-order valence-corrected chi connectivity index (χ4v) is 2.26.